The van der Waals surface area contributed by atoms with E-state index in [-0.39, 0.29) is 43.1 Å². The minimum atomic E-state index is -1.28. The molecule has 0 unspecified atom stereocenters. The van der Waals surface area contributed by atoms with Crippen molar-refractivity contribution in [1.82, 2.24) is 0 Å². The smallest absolute Gasteiger partial charge is 0.330 e. The maximum absolute atomic E-state index is 11.5. The van der Waals surface area contributed by atoms with Gasteiger partial charge in [-0.3, -0.25) is 43.5 Å². The van der Waals surface area contributed by atoms with Crippen LogP contribution >= 0.6 is 11.8 Å². The molecule has 0 aliphatic heterocycles. The first-order valence-corrected chi connectivity index (χ1v) is 24.6. The largest absolute Gasteiger partial charge is 0.480 e. The Morgan fingerprint density at radius 2 is 0.947 bits per heavy atom. The zero-order chi connectivity index (χ0) is 60.4. The third-order valence-electron chi connectivity index (χ3n) is 8.91. The summed E-state index contributed by atoms with van der Waals surface area (Å²) in [4.78, 5) is 116. The normalized spacial score (nSPS) is 13.9. The van der Waals surface area contributed by atoms with Crippen LogP contribution in [0.5, 0.6) is 0 Å². The number of carboxylic acids is 3. The third kappa shape index (κ3) is 47.4. The number of thioether (sulfide) groups is 1. The summed E-state index contributed by atoms with van der Waals surface area (Å²) in [6, 6.07) is -7.53. The molecular formula is C42H86N16O17S. The van der Waals surface area contributed by atoms with E-state index in [0.717, 1.165) is 5.75 Å². The molecule has 0 aromatic heterocycles. The van der Waals surface area contributed by atoms with Crippen LogP contribution in [0.4, 0.5) is 0 Å². The quantitative estimate of drug-likeness (QED) is 0.00794. The van der Waals surface area contributed by atoms with Gasteiger partial charge >= 0.3 is 53.7 Å². The van der Waals surface area contributed by atoms with E-state index in [1.165, 1.54) is 6.92 Å². The van der Waals surface area contributed by atoms with Gasteiger partial charge in [-0.2, -0.15) is 11.8 Å². The van der Waals surface area contributed by atoms with Gasteiger partial charge in [0.2, 0.25) is 5.91 Å². The Labute approximate surface area is 445 Å². The highest BCUT2D eigenvalue weighted by atomic mass is 32.2. The Morgan fingerprint density at radius 3 is 1.29 bits per heavy atom. The predicted molar refractivity (Wildman–Crippen MR) is 280 cm³/mol. The first-order chi connectivity index (χ1) is 35.0. The average Bonchev–Trinajstić information content (AvgIpc) is 3.33. The van der Waals surface area contributed by atoms with Crippen LogP contribution in [-0.2, 0) is 66.9 Å². The second-order valence-electron chi connectivity index (χ2n) is 16.8. The number of hydrogen-bond acceptors (Lipinski definition) is 26. The first kappa shape index (κ1) is 78.5. The molecule has 0 rings (SSSR count). The summed E-state index contributed by atoms with van der Waals surface area (Å²) < 4.78 is 18.4. The number of carbonyl (C=O) groups is 10. The lowest BCUT2D eigenvalue weighted by molar-refractivity contribution is -0.162. The van der Waals surface area contributed by atoms with Crippen molar-refractivity contribution in [1.29, 1.82) is 0 Å². The summed E-state index contributed by atoms with van der Waals surface area (Å²) in [6.07, 6.45) is 3.65. The van der Waals surface area contributed by atoms with E-state index >= 15 is 0 Å². The molecule has 0 aromatic rings. The highest BCUT2D eigenvalue weighted by Gasteiger charge is 2.27. The number of carbonyl (C=O) groups excluding carboxylic acids is 7. The SMILES string of the molecule is CC(C)C[C@H](N)C(=O)O[C@H](C)[C@H](N)C(=O)O.CC(C)[C@H](N)C(=O)O.CSCC[C@H](N)C(=O)OC(=O)[C@@H](N)CCCN=C(N)N.NC(=O)CC[C@H](N)C(=O)OC[C@H](N)C(=O)O.NCC(=O)OC(=O)[C@@H](N)CCCN=C(N)N. The summed E-state index contributed by atoms with van der Waals surface area (Å²) in [5.41, 5.74) is 73.4. The topological polar surface area (TPSA) is 657 Å². The number of nitrogens with zero attached hydrogens (tertiary/aromatic N) is 2. The minimum Gasteiger partial charge on any atom is -0.480 e. The van der Waals surface area contributed by atoms with Crippen molar-refractivity contribution in [2.24, 2.45) is 102 Å². The number of carboxylic acid groups (broad SMARTS) is 3. The third-order valence-corrected chi connectivity index (χ3v) is 9.55. The molecule has 0 aliphatic rings. The van der Waals surface area contributed by atoms with Crippen molar-refractivity contribution in [3.05, 3.63) is 0 Å². The number of esters is 6. The number of amides is 1. The molecule has 0 spiro atoms. The van der Waals surface area contributed by atoms with Crippen molar-refractivity contribution in [2.45, 2.75) is 140 Å². The molecule has 76 heavy (non-hydrogen) atoms. The Kier molecular flexibility index (Phi) is 47.5. The van der Waals surface area contributed by atoms with Gasteiger partial charge in [-0.15, -0.1) is 0 Å². The number of hydrogen-bond donors (Lipinski definition) is 17. The van der Waals surface area contributed by atoms with Gasteiger partial charge in [0.15, 0.2) is 11.9 Å². The van der Waals surface area contributed by atoms with Gasteiger partial charge in [-0.25, -0.2) is 14.4 Å². The molecule has 0 aliphatic carbocycles. The van der Waals surface area contributed by atoms with E-state index in [4.69, 9.17) is 100 Å². The molecule has 0 aromatic carbocycles. The highest BCUT2D eigenvalue weighted by molar-refractivity contribution is 7.98. The Morgan fingerprint density at radius 1 is 0.526 bits per heavy atom. The van der Waals surface area contributed by atoms with Crippen LogP contribution in [0, 0.1) is 11.8 Å². The van der Waals surface area contributed by atoms with Crippen LogP contribution in [0.3, 0.4) is 0 Å². The van der Waals surface area contributed by atoms with Crippen molar-refractivity contribution in [2.75, 3.05) is 38.2 Å². The number of rotatable bonds is 30. The number of aliphatic carboxylic acids is 3. The number of nitrogens with two attached hydrogens (primary N) is 14. The van der Waals surface area contributed by atoms with Crippen molar-refractivity contribution >= 4 is 83.3 Å². The minimum absolute atomic E-state index is 0.0175. The monoisotopic (exact) mass is 1120 g/mol. The fraction of sp³-hybridized carbons (Fsp3) is 0.714. The summed E-state index contributed by atoms with van der Waals surface area (Å²) in [7, 11) is 0. The zero-order valence-electron chi connectivity index (χ0n) is 44.0. The molecule has 0 saturated carbocycles. The maximum atomic E-state index is 11.5. The van der Waals surface area contributed by atoms with Gasteiger partial charge in [0.25, 0.3) is 0 Å². The standard InChI is InChI=1S/C11H23N5O3S.C10H20N2O4.C8H17N5O3.C8H15N3O5.C5H11NO2/c1-20-6-4-8(13)10(18)19-9(17)7(12)3-2-5-16-11(14)15;1-5(2)4-7(11)10(15)16-6(3)8(12)9(13)14;9-4-6(14)16-7(15)5(10)2-1-3-13-8(11)12;9-4(1-2-6(11)12)8(15)16-3-5(10)7(13)14;1-3(2)4(6)5(7)8/h7-8H,2-6,12-13H2,1H3,(H4,14,15,16);5-8H,4,11-12H2,1-3H3,(H,13,14);5H,1-4,9-10H2,(H4,11,12,13);4-5H,1-3,9-10H2,(H2,11,12)(H,13,14);3-4H,6H2,1-2H3,(H,7,8)/t7-,8-;6-,7+,8+;5-;4-,5-;4-/m01000/s1. The predicted octanol–water partition coefficient (Wildman–Crippen LogP) is -6.79. The summed E-state index contributed by atoms with van der Waals surface area (Å²) in [5, 5.41) is 25.2. The fourth-order valence-electron chi connectivity index (χ4n) is 4.32. The maximum Gasteiger partial charge on any atom is 0.330 e. The number of primary amides is 1. The number of aliphatic imine (C=N–C) groups is 2. The van der Waals surface area contributed by atoms with E-state index in [9.17, 15) is 47.9 Å². The number of ether oxygens (including phenoxy) is 4. The molecular weight excluding hydrogens is 1030 g/mol. The van der Waals surface area contributed by atoms with Gasteiger partial charge in [0.1, 0.15) is 61.0 Å². The van der Waals surface area contributed by atoms with E-state index in [1.54, 1.807) is 25.6 Å². The lowest BCUT2D eigenvalue weighted by Gasteiger charge is -2.20. The lowest BCUT2D eigenvalue weighted by atomic mass is 10.0. The Balaban J connectivity index is -0.000000282. The van der Waals surface area contributed by atoms with Crippen LogP contribution in [0.1, 0.15) is 86.0 Å². The Hall–Kier alpha value is -6.37. The highest BCUT2D eigenvalue weighted by Crippen LogP contribution is 2.07. The van der Waals surface area contributed by atoms with Crippen LogP contribution in [0.2, 0.25) is 0 Å². The molecule has 9 atom stereocenters. The molecule has 0 radical (unpaired) electrons. The van der Waals surface area contributed by atoms with Crippen LogP contribution < -0.4 is 80.3 Å². The van der Waals surface area contributed by atoms with Crippen molar-refractivity contribution in [3.63, 3.8) is 0 Å². The second kappa shape index (κ2) is 46.0. The molecule has 442 valence electrons. The molecule has 1 amide bonds. The van der Waals surface area contributed by atoms with Crippen LogP contribution in [0.15, 0.2) is 9.98 Å². The molecule has 0 fully saturated rings. The molecule has 31 N–H and O–H groups in total. The van der Waals surface area contributed by atoms with Gasteiger partial charge < -0.3 is 115 Å². The van der Waals surface area contributed by atoms with Crippen LogP contribution in [0.25, 0.3) is 0 Å². The molecule has 34 heteroatoms. The van der Waals surface area contributed by atoms with Crippen molar-refractivity contribution in [3.8, 4) is 0 Å². The van der Waals surface area contributed by atoms with Crippen molar-refractivity contribution < 1.29 is 82.2 Å². The summed E-state index contributed by atoms with van der Waals surface area (Å²) in [6.45, 7) is 8.76. The molecule has 33 nitrogen and oxygen atoms in total. The first-order valence-electron chi connectivity index (χ1n) is 23.2. The summed E-state index contributed by atoms with van der Waals surface area (Å²) >= 11 is 1.56. The molecule has 0 saturated heterocycles. The van der Waals surface area contributed by atoms with Crippen LogP contribution in [-0.4, -0.2) is 180 Å². The second-order valence-corrected chi connectivity index (χ2v) is 17.8. The molecule has 0 heterocycles. The lowest BCUT2D eigenvalue weighted by Crippen LogP contribution is -2.45. The van der Waals surface area contributed by atoms with Gasteiger partial charge in [-0.05, 0) is 75.7 Å². The van der Waals surface area contributed by atoms with E-state index in [2.05, 4.69) is 24.2 Å². The Bertz CT molecular complexity index is 1830. The van der Waals surface area contributed by atoms with Gasteiger partial charge in [0.05, 0.1) is 6.54 Å². The van der Waals surface area contributed by atoms with E-state index in [0.29, 0.717) is 51.6 Å². The van der Waals surface area contributed by atoms with Gasteiger partial charge in [-0.1, -0.05) is 27.7 Å². The average molecular weight is 1120 g/mol. The van der Waals surface area contributed by atoms with Gasteiger partial charge in [0, 0.05) is 19.5 Å². The number of guanidine groups is 2. The van der Waals surface area contributed by atoms with E-state index in [1.807, 2.05) is 20.1 Å². The zero-order valence-corrected chi connectivity index (χ0v) is 44.8. The fourth-order valence-corrected chi connectivity index (χ4v) is 4.81. The molecule has 0 bridgehead atoms. The van der Waals surface area contributed by atoms with E-state index < -0.39 is 121 Å². The summed E-state index contributed by atoms with van der Waals surface area (Å²) in [5.74, 6) is -7.57.